The van der Waals surface area contributed by atoms with Crippen molar-refractivity contribution in [3.63, 3.8) is 0 Å². The van der Waals surface area contributed by atoms with Gasteiger partial charge in [0.05, 0.1) is 25.6 Å². The minimum Gasteiger partial charge on any atom is -0.472 e. The van der Waals surface area contributed by atoms with Crippen LogP contribution in [0.15, 0.2) is 34.2 Å². The van der Waals surface area contributed by atoms with E-state index in [1.807, 2.05) is 0 Å². The molecule has 3 fully saturated rings. The van der Waals surface area contributed by atoms with Crippen LogP contribution in [0.4, 0.5) is 0 Å². The quantitative estimate of drug-likeness (QED) is 0.218. The van der Waals surface area contributed by atoms with E-state index >= 15 is 4.79 Å². The van der Waals surface area contributed by atoms with E-state index < -0.39 is 112 Å². The Morgan fingerprint density at radius 2 is 1.60 bits per heavy atom. The van der Waals surface area contributed by atoms with Gasteiger partial charge in [0.15, 0.2) is 11.9 Å². The monoisotopic (exact) mass is 744 g/mol. The smallest absolute Gasteiger partial charge is 0.352 e. The molecule has 5 rings (SSSR count). The lowest BCUT2D eigenvalue weighted by Gasteiger charge is -2.67. The number of esters is 6. The van der Waals surface area contributed by atoms with E-state index in [4.69, 9.17) is 32.8 Å². The minimum atomic E-state index is -2.86. The maximum absolute atomic E-state index is 15.4. The van der Waals surface area contributed by atoms with E-state index in [-0.39, 0.29) is 24.0 Å². The van der Waals surface area contributed by atoms with Crippen molar-refractivity contribution in [2.75, 3.05) is 7.11 Å². The summed E-state index contributed by atoms with van der Waals surface area (Å²) in [6.45, 7) is 13.0. The fraction of sp³-hybridized carbons (Fsp3) is 0.658. The van der Waals surface area contributed by atoms with Crippen LogP contribution in [0.5, 0.6) is 0 Å². The number of carbonyl (C=O) groups excluding carboxylic acids is 7. The highest BCUT2D eigenvalue weighted by Gasteiger charge is 2.80. The Morgan fingerprint density at radius 3 is 2.13 bits per heavy atom. The van der Waals surface area contributed by atoms with Crippen molar-refractivity contribution in [1.29, 1.82) is 0 Å². The number of ketones is 1. The molecule has 0 spiro atoms. The van der Waals surface area contributed by atoms with Crippen molar-refractivity contribution >= 4 is 41.6 Å². The molecule has 1 N–H and O–H groups in total. The molecule has 1 aromatic rings. The SMILES string of the molecule is CCC(C)C(=O)O[C@H]1C(C)(C)[C@H](C(OC(C)=O)C(=O)OC)[C@]2(C)C(=O)[C@@]1(O)[C@@H](OC(C)=O)C1=C3[C@@H](OC(C)=O)C(=O)O[C@@H](c4ccoc4)[C@]3(C)CC[C@@H]12. The van der Waals surface area contributed by atoms with Gasteiger partial charge in [0.2, 0.25) is 17.8 Å². The third-order valence-corrected chi connectivity index (χ3v) is 12.0. The van der Waals surface area contributed by atoms with Crippen LogP contribution in [0.25, 0.3) is 0 Å². The number of hydrogen-bond acceptors (Lipinski definition) is 15. The van der Waals surface area contributed by atoms with E-state index in [1.165, 1.54) is 19.5 Å². The van der Waals surface area contributed by atoms with E-state index in [2.05, 4.69) is 0 Å². The van der Waals surface area contributed by atoms with Crippen molar-refractivity contribution in [2.24, 2.45) is 34.0 Å². The molecule has 2 unspecified atom stereocenters. The van der Waals surface area contributed by atoms with E-state index in [1.54, 1.807) is 40.7 Å². The number of fused-ring (bicyclic) bond motifs is 5. The molecule has 15 nitrogen and oxygen atoms in total. The Bertz CT molecular complexity index is 1740. The summed E-state index contributed by atoms with van der Waals surface area (Å²) < 4.78 is 39.7. The summed E-state index contributed by atoms with van der Waals surface area (Å²) >= 11 is 0. The molecule has 3 aliphatic carbocycles. The number of hydrogen-bond donors (Lipinski definition) is 1. The molecular weight excluding hydrogens is 696 g/mol. The van der Waals surface area contributed by atoms with Crippen molar-refractivity contribution < 1.29 is 71.5 Å². The molecular formula is C38H48O15. The highest BCUT2D eigenvalue weighted by Crippen LogP contribution is 2.70. The average molecular weight is 745 g/mol. The number of ether oxygens (including phenoxy) is 6. The Hall–Kier alpha value is -4.53. The summed E-state index contributed by atoms with van der Waals surface area (Å²) in [6, 6.07) is 1.60. The van der Waals surface area contributed by atoms with Gasteiger partial charge in [0, 0.05) is 48.5 Å². The number of furan rings is 1. The Kier molecular flexibility index (Phi) is 10.3. The number of carbonyl (C=O) groups is 7. The molecule has 0 radical (unpaired) electrons. The zero-order valence-corrected chi connectivity index (χ0v) is 31.6. The molecule has 15 heteroatoms. The summed E-state index contributed by atoms with van der Waals surface area (Å²) in [5.74, 6) is -9.52. The maximum atomic E-state index is 15.4. The van der Waals surface area contributed by atoms with Crippen LogP contribution in [0.1, 0.15) is 93.2 Å². The average Bonchev–Trinajstić information content (AvgIpc) is 3.61. The fourth-order valence-electron chi connectivity index (χ4n) is 9.76. The maximum Gasteiger partial charge on any atom is 0.352 e. The number of rotatable bonds is 9. The second-order valence-electron chi connectivity index (χ2n) is 15.6. The van der Waals surface area contributed by atoms with Crippen molar-refractivity contribution in [3.05, 3.63) is 35.3 Å². The first-order valence-electron chi connectivity index (χ1n) is 17.7. The zero-order chi connectivity index (χ0) is 39.6. The van der Waals surface area contributed by atoms with E-state index in [9.17, 15) is 33.9 Å². The first-order valence-corrected chi connectivity index (χ1v) is 17.7. The van der Waals surface area contributed by atoms with Gasteiger partial charge in [-0.1, -0.05) is 41.5 Å². The largest absolute Gasteiger partial charge is 0.472 e. The van der Waals surface area contributed by atoms with Gasteiger partial charge in [0.25, 0.3) is 0 Å². The third-order valence-electron chi connectivity index (χ3n) is 12.0. The lowest BCUT2D eigenvalue weighted by Crippen LogP contribution is -2.81. The third kappa shape index (κ3) is 5.95. The van der Waals surface area contributed by atoms with Gasteiger partial charge in [-0.15, -0.1) is 0 Å². The van der Waals surface area contributed by atoms with Gasteiger partial charge in [-0.2, -0.15) is 0 Å². The fourth-order valence-corrected chi connectivity index (χ4v) is 9.76. The molecule has 4 aliphatic rings. The molecule has 2 bridgehead atoms. The van der Waals surface area contributed by atoms with Crippen LogP contribution in [0, 0.1) is 34.0 Å². The standard InChI is InChI=1S/C38H48O15/c1-11-17(2)30(42)53-34-35(6,7)27(26(31(43)47-10)50-19(4)40)37(9)22-12-14-36(8)24(23(22)29(51-20(5)41)38(34,46)33(37)45)25(49-18(3)39)32(44)52-28(36)21-13-15-48-16-21/h13,15-17,22,25-29,34,46H,11-12,14H2,1-10H3/t17?,22-,25+,26?,27-,28-,29-,34-,36+,37+,38-/m0/s1. The zero-order valence-electron chi connectivity index (χ0n) is 31.6. The summed E-state index contributed by atoms with van der Waals surface area (Å²) in [6.07, 6.45) is -4.86. The van der Waals surface area contributed by atoms with Gasteiger partial charge in [-0.05, 0) is 42.4 Å². The molecule has 2 saturated carbocycles. The Labute approximate surface area is 307 Å². The van der Waals surface area contributed by atoms with Gasteiger partial charge >= 0.3 is 35.8 Å². The Balaban J connectivity index is 1.95. The van der Waals surface area contributed by atoms with Crippen LogP contribution < -0.4 is 0 Å². The predicted molar refractivity (Wildman–Crippen MR) is 179 cm³/mol. The summed E-state index contributed by atoms with van der Waals surface area (Å²) in [5, 5.41) is 13.2. The number of aliphatic hydroxyl groups is 1. The highest BCUT2D eigenvalue weighted by molar-refractivity contribution is 6.00. The predicted octanol–water partition coefficient (Wildman–Crippen LogP) is 3.49. The van der Waals surface area contributed by atoms with Gasteiger partial charge in [-0.25, -0.2) is 9.59 Å². The van der Waals surface area contributed by atoms with Gasteiger partial charge in [-0.3, -0.25) is 24.0 Å². The van der Waals surface area contributed by atoms with E-state index in [0.717, 1.165) is 27.9 Å². The lowest BCUT2D eigenvalue weighted by molar-refractivity contribution is -0.269. The molecule has 1 aromatic heterocycles. The molecule has 0 aromatic carbocycles. The second kappa shape index (κ2) is 13.7. The van der Waals surface area contributed by atoms with E-state index in [0.29, 0.717) is 12.0 Å². The topological polar surface area (TPSA) is 208 Å². The van der Waals surface area contributed by atoms with Crippen molar-refractivity contribution in [2.45, 2.75) is 118 Å². The van der Waals surface area contributed by atoms with Crippen molar-refractivity contribution in [1.82, 2.24) is 0 Å². The molecule has 11 atom stereocenters. The minimum absolute atomic E-state index is 0.0616. The number of methoxy groups -OCH3 is 1. The lowest BCUT2D eigenvalue weighted by atomic mass is 9.38. The molecule has 53 heavy (non-hydrogen) atoms. The molecule has 1 aliphatic heterocycles. The number of cyclic esters (lactones) is 1. The van der Waals surface area contributed by atoms with Gasteiger partial charge < -0.3 is 37.9 Å². The first kappa shape index (κ1) is 39.7. The summed E-state index contributed by atoms with van der Waals surface area (Å²) in [5.41, 5.74) is -6.92. The first-order chi connectivity index (χ1) is 24.6. The molecule has 290 valence electrons. The Morgan fingerprint density at radius 1 is 0.962 bits per heavy atom. The van der Waals surface area contributed by atoms with Crippen LogP contribution in [-0.2, 0) is 62.0 Å². The normalized spacial score (nSPS) is 35.4. The second-order valence-corrected chi connectivity index (χ2v) is 15.6. The molecule has 0 amide bonds. The highest BCUT2D eigenvalue weighted by atomic mass is 16.6. The van der Waals surface area contributed by atoms with Crippen molar-refractivity contribution in [3.8, 4) is 0 Å². The molecule has 1 saturated heterocycles. The number of Topliss-reactive ketones (excluding diaryl/α,β-unsaturated/α-hetero) is 1. The summed E-state index contributed by atoms with van der Waals surface area (Å²) in [7, 11) is 1.08. The van der Waals surface area contributed by atoms with Crippen LogP contribution in [-0.4, -0.2) is 83.8 Å². The van der Waals surface area contributed by atoms with Crippen LogP contribution in [0.3, 0.4) is 0 Å². The summed E-state index contributed by atoms with van der Waals surface area (Å²) in [4.78, 5) is 95.0. The van der Waals surface area contributed by atoms with Crippen LogP contribution >= 0.6 is 0 Å². The molecule has 2 heterocycles. The van der Waals surface area contributed by atoms with Gasteiger partial charge in [0.1, 0.15) is 12.2 Å². The van der Waals surface area contributed by atoms with Crippen LogP contribution in [0.2, 0.25) is 0 Å².